The van der Waals surface area contributed by atoms with E-state index < -0.39 is 0 Å². The van der Waals surface area contributed by atoms with Crippen molar-refractivity contribution < 1.29 is 9.53 Å². The van der Waals surface area contributed by atoms with Gasteiger partial charge in [0.25, 0.3) is 5.56 Å². The van der Waals surface area contributed by atoms with Crippen LogP contribution in [0.15, 0.2) is 9.95 Å². The van der Waals surface area contributed by atoms with Crippen LogP contribution in [0.2, 0.25) is 0 Å². The van der Waals surface area contributed by atoms with Crippen LogP contribution < -0.4 is 5.56 Å². The number of aromatic amines is 1. The number of nitrogens with one attached hydrogen (secondary N) is 1. The maximum absolute atomic E-state index is 12.6. The van der Waals surface area contributed by atoms with Crippen LogP contribution in [-0.2, 0) is 22.4 Å². The summed E-state index contributed by atoms with van der Waals surface area (Å²) in [5.41, 5.74) is 1.11. The third kappa shape index (κ3) is 3.83. The van der Waals surface area contributed by atoms with Crippen LogP contribution in [0.25, 0.3) is 10.2 Å². The fraction of sp³-hybridized carbons (Fsp3) is 0.632. The van der Waals surface area contributed by atoms with Crippen molar-refractivity contribution in [1.29, 1.82) is 0 Å². The van der Waals surface area contributed by atoms with Crippen molar-refractivity contribution in [2.24, 2.45) is 5.92 Å². The Morgan fingerprint density at radius 3 is 2.92 bits per heavy atom. The van der Waals surface area contributed by atoms with Crippen LogP contribution in [0.1, 0.15) is 55.9 Å². The molecule has 26 heavy (non-hydrogen) atoms. The molecule has 0 bridgehead atoms. The number of carbonyl (C=O) groups excluding carboxylic acids is 1. The lowest BCUT2D eigenvalue weighted by Gasteiger charge is -2.21. The Morgan fingerprint density at radius 1 is 1.31 bits per heavy atom. The van der Waals surface area contributed by atoms with E-state index in [9.17, 15) is 9.59 Å². The minimum Gasteiger partial charge on any atom is -0.462 e. The number of nitrogens with zero attached hydrogens (tertiary/aromatic N) is 1. The fourth-order valence-electron chi connectivity index (χ4n) is 3.93. The minimum absolute atomic E-state index is 0.0670. The Labute approximate surface area is 160 Å². The number of rotatable bonds is 4. The normalized spacial score (nSPS) is 20.9. The summed E-state index contributed by atoms with van der Waals surface area (Å²) < 4.78 is 5.53. The second-order valence-corrected chi connectivity index (χ2v) is 9.49. The molecule has 5 nitrogen and oxygen atoms in total. The number of carbonyl (C=O) groups is 1. The molecular formula is C19H24N2O3S2. The van der Waals surface area contributed by atoms with E-state index in [-0.39, 0.29) is 23.4 Å². The number of ether oxygens (including phenoxy) is 1. The van der Waals surface area contributed by atoms with Crippen molar-refractivity contribution in [2.45, 2.75) is 69.6 Å². The van der Waals surface area contributed by atoms with Crippen molar-refractivity contribution in [3.05, 3.63) is 20.8 Å². The van der Waals surface area contributed by atoms with Crippen molar-refractivity contribution in [3.63, 3.8) is 0 Å². The molecule has 0 amide bonds. The number of H-pyrrole nitrogens is 1. The van der Waals surface area contributed by atoms with Gasteiger partial charge in [-0.25, -0.2) is 4.98 Å². The van der Waals surface area contributed by atoms with E-state index in [1.54, 1.807) is 11.3 Å². The third-order valence-corrected chi connectivity index (χ3v) is 7.32. The predicted octanol–water partition coefficient (Wildman–Crippen LogP) is 4.08. The van der Waals surface area contributed by atoms with Gasteiger partial charge in [0.2, 0.25) is 0 Å². The molecular weight excluding hydrogens is 368 g/mol. The van der Waals surface area contributed by atoms with Crippen molar-refractivity contribution in [1.82, 2.24) is 9.97 Å². The van der Waals surface area contributed by atoms with Gasteiger partial charge in [0.15, 0.2) is 5.16 Å². The Kier molecular flexibility index (Phi) is 5.36. The molecule has 0 radical (unpaired) electrons. The minimum atomic E-state index is -0.219. The molecule has 0 unspecified atom stereocenters. The highest BCUT2D eigenvalue weighted by molar-refractivity contribution is 7.99. The molecule has 7 heteroatoms. The lowest BCUT2D eigenvalue weighted by atomic mass is 9.89. The molecule has 0 aliphatic heterocycles. The van der Waals surface area contributed by atoms with Gasteiger partial charge in [-0.1, -0.05) is 25.1 Å². The molecule has 2 heterocycles. The van der Waals surface area contributed by atoms with Crippen LogP contribution in [0, 0.1) is 5.92 Å². The summed E-state index contributed by atoms with van der Waals surface area (Å²) in [6.45, 7) is 2.25. The van der Waals surface area contributed by atoms with E-state index in [0.717, 1.165) is 55.2 Å². The first kappa shape index (κ1) is 18.0. The Hall–Kier alpha value is -1.34. The Balaban J connectivity index is 1.45. The summed E-state index contributed by atoms with van der Waals surface area (Å²) >= 11 is 2.89. The van der Waals surface area contributed by atoms with Crippen LogP contribution in [0.5, 0.6) is 0 Å². The average Bonchev–Trinajstić information content (AvgIpc) is 2.98. The van der Waals surface area contributed by atoms with Gasteiger partial charge in [0.1, 0.15) is 10.9 Å². The number of thioether (sulfide) groups is 1. The lowest BCUT2D eigenvalue weighted by molar-refractivity contribution is -0.147. The zero-order valence-electron chi connectivity index (χ0n) is 15.0. The number of esters is 1. The monoisotopic (exact) mass is 392 g/mol. The first-order valence-corrected chi connectivity index (χ1v) is 11.3. The van der Waals surface area contributed by atoms with Gasteiger partial charge < -0.3 is 9.72 Å². The first-order valence-electron chi connectivity index (χ1n) is 9.47. The fourth-order valence-corrected chi connectivity index (χ4v) is 6.01. The molecule has 2 aliphatic carbocycles. The van der Waals surface area contributed by atoms with Crippen LogP contribution in [0.4, 0.5) is 0 Å². The number of fused-ring (bicyclic) bond motifs is 3. The molecule has 140 valence electrons. The molecule has 2 aromatic rings. The zero-order valence-corrected chi connectivity index (χ0v) is 16.6. The molecule has 4 rings (SSSR count). The van der Waals surface area contributed by atoms with Crippen molar-refractivity contribution in [2.75, 3.05) is 5.75 Å². The van der Waals surface area contributed by atoms with E-state index in [1.807, 2.05) is 0 Å². The topological polar surface area (TPSA) is 72.0 Å². The second-order valence-electron chi connectivity index (χ2n) is 7.44. The summed E-state index contributed by atoms with van der Waals surface area (Å²) in [4.78, 5) is 34.2. The maximum atomic E-state index is 12.6. The summed E-state index contributed by atoms with van der Waals surface area (Å²) in [5.74, 6) is 0.634. The standard InChI is InChI=1S/C19H24N2O3S2/c1-11-7-8-13-14(9-11)26-18-16(13)17(23)20-19(21-18)25-10-15(22)24-12-5-3-2-4-6-12/h11-12H,2-10H2,1H3,(H,20,21,23)/t11-/m1/s1. The number of thiophene rings is 1. The summed E-state index contributed by atoms with van der Waals surface area (Å²) in [6, 6.07) is 0. The average molecular weight is 393 g/mol. The Morgan fingerprint density at radius 2 is 2.12 bits per heavy atom. The molecule has 2 aliphatic rings. The molecule has 1 N–H and O–H groups in total. The van der Waals surface area contributed by atoms with Crippen LogP contribution >= 0.6 is 23.1 Å². The predicted molar refractivity (Wildman–Crippen MR) is 105 cm³/mol. The molecule has 0 spiro atoms. The summed E-state index contributed by atoms with van der Waals surface area (Å²) in [6.07, 6.45) is 8.63. The smallest absolute Gasteiger partial charge is 0.316 e. The van der Waals surface area contributed by atoms with E-state index in [1.165, 1.54) is 28.6 Å². The van der Waals surface area contributed by atoms with Gasteiger partial charge in [-0.05, 0) is 56.4 Å². The quantitative estimate of drug-likeness (QED) is 0.482. The lowest BCUT2D eigenvalue weighted by Crippen LogP contribution is -2.22. The third-order valence-electron chi connectivity index (χ3n) is 5.32. The van der Waals surface area contributed by atoms with Gasteiger partial charge in [0, 0.05) is 4.88 Å². The van der Waals surface area contributed by atoms with E-state index in [2.05, 4.69) is 16.9 Å². The number of hydrogen-bond acceptors (Lipinski definition) is 6. The van der Waals surface area contributed by atoms with E-state index >= 15 is 0 Å². The number of aromatic nitrogens is 2. The number of aryl methyl sites for hydroxylation is 1. The van der Waals surface area contributed by atoms with Gasteiger partial charge in [-0.15, -0.1) is 11.3 Å². The zero-order chi connectivity index (χ0) is 18.1. The molecule has 1 atom stereocenters. The van der Waals surface area contributed by atoms with Gasteiger partial charge >= 0.3 is 5.97 Å². The molecule has 2 aromatic heterocycles. The SMILES string of the molecule is C[C@@H]1CCc2c(sc3nc(SCC(=O)OC4CCCCC4)[nH]c(=O)c23)C1. The highest BCUT2D eigenvalue weighted by Crippen LogP contribution is 2.36. The Bertz CT molecular complexity index is 868. The largest absolute Gasteiger partial charge is 0.462 e. The maximum Gasteiger partial charge on any atom is 0.316 e. The summed E-state index contributed by atoms with van der Waals surface area (Å²) in [5, 5.41) is 1.26. The summed E-state index contributed by atoms with van der Waals surface area (Å²) in [7, 11) is 0. The van der Waals surface area contributed by atoms with Crippen molar-refractivity contribution in [3.8, 4) is 0 Å². The van der Waals surface area contributed by atoms with Crippen LogP contribution in [-0.4, -0.2) is 27.8 Å². The highest BCUT2D eigenvalue weighted by atomic mass is 32.2. The molecule has 0 aromatic carbocycles. The van der Waals surface area contributed by atoms with Gasteiger partial charge in [-0.3, -0.25) is 9.59 Å². The van der Waals surface area contributed by atoms with Gasteiger partial charge in [0.05, 0.1) is 11.1 Å². The first-order chi connectivity index (χ1) is 12.6. The number of hydrogen-bond donors (Lipinski definition) is 1. The molecule has 1 fully saturated rings. The van der Waals surface area contributed by atoms with Crippen molar-refractivity contribution >= 4 is 39.3 Å². The van der Waals surface area contributed by atoms with Gasteiger partial charge in [-0.2, -0.15) is 0 Å². The van der Waals surface area contributed by atoms with E-state index in [4.69, 9.17) is 4.74 Å². The highest BCUT2D eigenvalue weighted by Gasteiger charge is 2.23. The molecule has 1 saturated carbocycles. The van der Waals surface area contributed by atoms with E-state index in [0.29, 0.717) is 11.1 Å². The van der Waals surface area contributed by atoms with Crippen LogP contribution in [0.3, 0.4) is 0 Å². The second kappa shape index (κ2) is 7.72. The molecule has 0 saturated heterocycles.